The van der Waals surface area contributed by atoms with Gasteiger partial charge in [-0.3, -0.25) is 4.79 Å². The second-order valence-corrected chi connectivity index (χ2v) is 4.10. The highest BCUT2D eigenvalue weighted by Gasteiger charge is 2.31. The van der Waals surface area contributed by atoms with E-state index in [9.17, 15) is 14.7 Å². The molecule has 116 valence electrons. The lowest BCUT2D eigenvalue weighted by atomic mass is 10.0. The van der Waals surface area contributed by atoms with Gasteiger partial charge in [0.1, 0.15) is 0 Å². The molecule has 0 heterocycles. The molecule has 0 aliphatic rings. The number of ether oxygens (including phenoxy) is 3. The maximum atomic E-state index is 11.6. The number of likely N-dealkylation sites (N-methyl/N-ethyl adjacent to an activating group) is 1. The number of aliphatic carboxylic acids is 1. The lowest BCUT2D eigenvalue weighted by Crippen LogP contribution is -2.33. The minimum absolute atomic E-state index is 0.226. The summed E-state index contributed by atoms with van der Waals surface area (Å²) in [7, 11) is 4.30. The number of rotatable bonds is 8. The largest absolute Gasteiger partial charge is 0.493 e. The SMILES string of the molecule is CCN(C=O)C(C(=O)O)c1ccc(OC)c(OC)c1OC. The monoisotopic (exact) mass is 297 g/mol. The average Bonchev–Trinajstić information content (AvgIpc) is 2.50. The number of amides is 1. The Hall–Kier alpha value is -2.44. The van der Waals surface area contributed by atoms with Crippen molar-refractivity contribution in [3.8, 4) is 17.2 Å². The van der Waals surface area contributed by atoms with Crippen LogP contribution in [-0.4, -0.2) is 50.3 Å². The summed E-state index contributed by atoms with van der Waals surface area (Å²) in [6.07, 6.45) is 0.495. The van der Waals surface area contributed by atoms with Crippen molar-refractivity contribution < 1.29 is 28.9 Å². The lowest BCUT2D eigenvalue weighted by Gasteiger charge is -2.26. The van der Waals surface area contributed by atoms with Crippen LogP contribution in [0.4, 0.5) is 0 Å². The maximum absolute atomic E-state index is 11.6. The number of hydrogen-bond donors (Lipinski definition) is 1. The van der Waals surface area contributed by atoms with Crippen LogP contribution >= 0.6 is 0 Å². The molecule has 0 saturated carbocycles. The molecule has 0 aliphatic heterocycles. The second-order valence-electron chi connectivity index (χ2n) is 4.10. The molecule has 0 spiro atoms. The molecule has 1 aromatic carbocycles. The van der Waals surface area contributed by atoms with Crippen molar-refractivity contribution >= 4 is 12.4 Å². The van der Waals surface area contributed by atoms with Gasteiger partial charge in [0.05, 0.1) is 21.3 Å². The molecule has 0 bridgehead atoms. The molecule has 1 N–H and O–H groups in total. The molecule has 0 aliphatic carbocycles. The first-order chi connectivity index (χ1) is 10.0. The molecule has 1 atom stereocenters. The Labute approximate surface area is 123 Å². The summed E-state index contributed by atoms with van der Waals surface area (Å²) < 4.78 is 15.6. The van der Waals surface area contributed by atoms with Crippen LogP contribution in [0, 0.1) is 0 Å². The summed E-state index contributed by atoms with van der Waals surface area (Å²) >= 11 is 0. The van der Waals surface area contributed by atoms with Crippen molar-refractivity contribution in [2.75, 3.05) is 27.9 Å². The highest BCUT2D eigenvalue weighted by atomic mass is 16.5. The highest BCUT2D eigenvalue weighted by molar-refractivity contribution is 5.80. The van der Waals surface area contributed by atoms with E-state index in [4.69, 9.17) is 14.2 Å². The van der Waals surface area contributed by atoms with Crippen LogP contribution in [0.3, 0.4) is 0 Å². The van der Waals surface area contributed by atoms with Crippen molar-refractivity contribution in [3.63, 3.8) is 0 Å². The number of hydrogen-bond acceptors (Lipinski definition) is 5. The summed E-state index contributed by atoms with van der Waals surface area (Å²) in [6.45, 7) is 1.94. The van der Waals surface area contributed by atoms with Crippen LogP contribution in [0.1, 0.15) is 18.5 Å². The van der Waals surface area contributed by atoms with Crippen molar-refractivity contribution in [2.45, 2.75) is 13.0 Å². The Morgan fingerprint density at radius 1 is 1.24 bits per heavy atom. The highest BCUT2D eigenvalue weighted by Crippen LogP contribution is 2.43. The fourth-order valence-electron chi connectivity index (χ4n) is 2.11. The van der Waals surface area contributed by atoms with E-state index in [0.717, 1.165) is 4.90 Å². The quantitative estimate of drug-likeness (QED) is 0.728. The molecule has 7 nitrogen and oxygen atoms in total. The number of methoxy groups -OCH3 is 3. The Kier molecular flexibility index (Phi) is 5.83. The predicted octanol–water partition coefficient (Wildman–Crippen LogP) is 1.32. The first kappa shape index (κ1) is 16.6. The fraction of sp³-hybridized carbons (Fsp3) is 0.429. The van der Waals surface area contributed by atoms with Crippen LogP contribution in [0.15, 0.2) is 12.1 Å². The van der Waals surface area contributed by atoms with E-state index < -0.39 is 12.0 Å². The molecule has 21 heavy (non-hydrogen) atoms. The minimum atomic E-state index is -1.16. The zero-order chi connectivity index (χ0) is 16.0. The lowest BCUT2D eigenvalue weighted by molar-refractivity contribution is -0.146. The molecule has 1 amide bonds. The summed E-state index contributed by atoms with van der Waals surface area (Å²) in [5, 5.41) is 9.44. The van der Waals surface area contributed by atoms with E-state index >= 15 is 0 Å². The first-order valence-electron chi connectivity index (χ1n) is 6.28. The van der Waals surface area contributed by atoms with Crippen LogP contribution in [0.5, 0.6) is 17.2 Å². The van der Waals surface area contributed by atoms with Crippen LogP contribution in [0.25, 0.3) is 0 Å². The third-order valence-electron chi connectivity index (χ3n) is 3.10. The van der Waals surface area contributed by atoms with E-state index in [0.29, 0.717) is 17.7 Å². The molecular weight excluding hydrogens is 278 g/mol. The summed E-state index contributed by atoms with van der Waals surface area (Å²) in [6, 6.07) is 1.96. The number of carboxylic acids is 1. The maximum Gasteiger partial charge on any atom is 0.331 e. The molecule has 1 unspecified atom stereocenters. The smallest absolute Gasteiger partial charge is 0.331 e. The van der Waals surface area contributed by atoms with Gasteiger partial charge in [0.2, 0.25) is 12.2 Å². The van der Waals surface area contributed by atoms with Gasteiger partial charge in [-0.05, 0) is 19.1 Å². The van der Waals surface area contributed by atoms with Gasteiger partial charge in [-0.1, -0.05) is 0 Å². The molecule has 0 saturated heterocycles. The zero-order valence-electron chi connectivity index (χ0n) is 12.5. The molecule has 1 rings (SSSR count). The van der Waals surface area contributed by atoms with Crippen molar-refractivity contribution in [3.05, 3.63) is 17.7 Å². The summed E-state index contributed by atoms with van der Waals surface area (Å²) in [5.74, 6) is -0.235. The number of carbonyl (C=O) groups excluding carboxylic acids is 1. The number of benzene rings is 1. The van der Waals surface area contributed by atoms with Crippen molar-refractivity contribution in [2.24, 2.45) is 0 Å². The topological polar surface area (TPSA) is 85.3 Å². The van der Waals surface area contributed by atoms with Gasteiger partial charge in [-0.25, -0.2) is 4.79 Å². The first-order valence-corrected chi connectivity index (χ1v) is 6.28. The summed E-state index contributed by atoms with van der Waals surface area (Å²) in [4.78, 5) is 23.8. The van der Waals surface area contributed by atoms with Crippen molar-refractivity contribution in [1.82, 2.24) is 4.90 Å². The predicted molar refractivity (Wildman–Crippen MR) is 74.9 cm³/mol. The molecule has 7 heteroatoms. The van der Waals surface area contributed by atoms with Gasteiger partial charge < -0.3 is 24.2 Å². The van der Waals surface area contributed by atoms with Gasteiger partial charge in [0.25, 0.3) is 0 Å². The van der Waals surface area contributed by atoms with Crippen molar-refractivity contribution in [1.29, 1.82) is 0 Å². The second kappa shape index (κ2) is 7.37. The Bertz CT molecular complexity index is 516. The molecule has 1 aromatic rings. The van der Waals surface area contributed by atoms with Gasteiger partial charge in [0, 0.05) is 12.1 Å². The van der Waals surface area contributed by atoms with E-state index in [1.165, 1.54) is 21.3 Å². The number of carbonyl (C=O) groups is 2. The van der Waals surface area contributed by atoms with E-state index in [-0.39, 0.29) is 18.0 Å². The minimum Gasteiger partial charge on any atom is -0.493 e. The Morgan fingerprint density at radius 2 is 1.86 bits per heavy atom. The standard InChI is InChI=1S/C14H19NO6/c1-5-15(8-16)11(14(17)18)9-6-7-10(19-2)13(21-4)12(9)20-3/h6-8,11H,5H2,1-4H3,(H,17,18). The normalized spacial score (nSPS) is 11.4. The zero-order valence-corrected chi connectivity index (χ0v) is 12.5. The van der Waals surface area contributed by atoms with Crippen LogP contribution in [-0.2, 0) is 9.59 Å². The van der Waals surface area contributed by atoms with Crippen LogP contribution in [0.2, 0.25) is 0 Å². The molecule has 0 aromatic heterocycles. The van der Waals surface area contributed by atoms with E-state index in [1.807, 2.05) is 0 Å². The Morgan fingerprint density at radius 3 is 2.24 bits per heavy atom. The third-order valence-corrected chi connectivity index (χ3v) is 3.10. The van der Waals surface area contributed by atoms with Gasteiger partial charge in [0.15, 0.2) is 17.5 Å². The van der Waals surface area contributed by atoms with E-state index in [1.54, 1.807) is 19.1 Å². The van der Waals surface area contributed by atoms with Gasteiger partial charge >= 0.3 is 5.97 Å². The molecule has 0 fully saturated rings. The fourth-order valence-corrected chi connectivity index (χ4v) is 2.11. The number of nitrogens with zero attached hydrogens (tertiary/aromatic N) is 1. The van der Waals surface area contributed by atoms with Crippen LogP contribution < -0.4 is 14.2 Å². The third kappa shape index (κ3) is 3.18. The van der Waals surface area contributed by atoms with E-state index in [2.05, 4.69) is 0 Å². The van der Waals surface area contributed by atoms with Gasteiger partial charge in [-0.2, -0.15) is 0 Å². The Balaban J connectivity index is 3.51. The molecular formula is C14H19NO6. The van der Waals surface area contributed by atoms with Gasteiger partial charge in [-0.15, -0.1) is 0 Å². The summed E-state index contributed by atoms with van der Waals surface area (Å²) in [5.41, 5.74) is 0.316. The average molecular weight is 297 g/mol. The molecule has 0 radical (unpaired) electrons. The number of carboxylic acid groups (broad SMARTS) is 1.